The van der Waals surface area contributed by atoms with Crippen molar-refractivity contribution in [2.75, 3.05) is 13.7 Å². The lowest BCUT2D eigenvalue weighted by atomic mass is 10.0. The molecule has 1 aromatic carbocycles. The molecule has 0 saturated carbocycles. The van der Waals surface area contributed by atoms with Gasteiger partial charge in [0, 0.05) is 18.3 Å². The van der Waals surface area contributed by atoms with Gasteiger partial charge in [-0.1, -0.05) is 18.2 Å². The Bertz CT molecular complexity index is 750. The highest BCUT2D eigenvalue weighted by atomic mass is 16.5. The number of aromatic nitrogens is 1. The highest BCUT2D eigenvalue weighted by Gasteiger charge is 2.32. The molecule has 0 N–H and O–H groups in total. The van der Waals surface area contributed by atoms with E-state index >= 15 is 0 Å². The smallest absolute Gasteiger partial charge is 0.255 e. The highest BCUT2D eigenvalue weighted by Crippen LogP contribution is 2.37. The minimum absolute atomic E-state index is 0.00860. The predicted octanol–water partition coefficient (Wildman–Crippen LogP) is 2.94. The molecule has 0 bridgehead atoms. The molecule has 1 atom stereocenters. The number of pyridine rings is 1. The van der Waals surface area contributed by atoms with Crippen molar-refractivity contribution in [2.24, 2.45) is 0 Å². The largest absolute Gasteiger partial charge is 0.496 e. The molecule has 2 heterocycles. The molecule has 1 saturated heterocycles. The van der Waals surface area contributed by atoms with Gasteiger partial charge in [-0.2, -0.15) is 5.26 Å². The SMILES string of the molecule is COc1ccccc1[C@@H]1CCCN1C(=O)c1ccc(C#N)nc1. The van der Waals surface area contributed by atoms with E-state index in [4.69, 9.17) is 10.00 Å². The lowest BCUT2D eigenvalue weighted by Gasteiger charge is -2.26. The summed E-state index contributed by atoms with van der Waals surface area (Å²) < 4.78 is 5.44. The van der Waals surface area contributed by atoms with Gasteiger partial charge in [-0.25, -0.2) is 4.98 Å². The maximum absolute atomic E-state index is 12.8. The maximum atomic E-state index is 12.8. The molecule has 1 aliphatic heterocycles. The molecule has 0 unspecified atom stereocenters. The molecular weight excluding hydrogens is 290 g/mol. The zero-order chi connectivity index (χ0) is 16.2. The third-order valence-corrected chi connectivity index (χ3v) is 4.14. The van der Waals surface area contributed by atoms with E-state index in [-0.39, 0.29) is 11.9 Å². The number of nitrogens with zero attached hydrogens (tertiary/aromatic N) is 3. The zero-order valence-electron chi connectivity index (χ0n) is 12.9. The summed E-state index contributed by atoms with van der Waals surface area (Å²) in [6, 6.07) is 13.0. The number of carbonyl (C=O) groups excluding carboxylic acids is 1. The van der Waals surface area contributed by atoms with E-state index in [1.54, 1.807) is 19.2 Å². The fraction of sp³-hybridized carbons (Fsp3) is 0.278. The molecule has 1 amide bonds. The van der Waals surface area contributed by atoms with Crippen molar-refractivity contribution in [2.45, 2.75) is 18.9 Å². The summed E-state index contributed by atoms with van der Waals surface area (Å²) in [5, 5.41) is 8.81. The number of methoxy groups -OCH3 is 1. The van der Waals surface area contributed by atoms with Crippen LogP contribution in [0.2, 0.25) is 0 Å². The quantitative estimate of drug-likeness (QED) is 0.874. The van der Waals surface area contributed by atoms with Crippen LogP contribution in [0.4, 0.5) is 0 Å². The van der Waals surface area contributed by atoms with Gasteiger partial charge in [0.2, 0.25) is 0 Å². The molecule has 0 spiro atoms. The van der Waals surface area contributed by atoms with Crippen molar-refractivity contribution in [3.8, 4) is 11.8 Å². The topological polar surface area (TPSA) is 66.2 Å². The van der Waals surface area contributed by atoms with Gasteiger partial charge < -0.3 is 9.64 Å². The van der Waals surface area contributed by atoms with Gasteiger partial charge in [-0.3, -0.25) is 4.79 Å². The Hall–Kier alpha value is -2.87. The number of likely N-dealkylation sites (tertiary alicyclic amines) is 1. The van der Waals surface area contributed by atoms with Crippen molar-refractivity contribution in [3.63, 3.8) is 0 Å². The summed E-state index contributed by atoms with van der Waals surface area (Å²) in [5.41, 5.74) is 1.84. The second-order valence-corrected chi connectivity index (χ2v) is 5.44. The number of hydrogen-bond acceptors (Lipinski definition) is 4. The van der Waals surface area contributed by atoms with Gasteiger partial charge in [0.1, 0.15) is 17.5 Å². The molecule has 5 nitrogen and oxygen atoms in total. The van der Waals surface area contributed by atoms with Gasteiger partial charge in [0.05, 0.1) is 18.7 Å². The first-order valence-corrected chi connectivity index (χ1v) is 7.54. The third-order valence-electron chi connectivity index (χ3n) is 4.14. The van der Waals surface area contributed by atoms with Crippen LogP contribution in [0.1, 0.15) is 40.5 Å². The van der Waals surface area contributed by atoms with Gasteiger partial charge in [-0.15, -0.1) is 0 Å². The highest BCUT2D eigenvalue weighted by molar-refractivity contribution is 5.94. The van der Waals surface area contributed by atoms with Gasteiger partial charge in [0.25, 0.3) is 5.91 Å². The number of carbonyl (C=O) groups is 1. The zero-order valence-corrected chi connectivity index (χ0v) is 12.9. The fourth-order valence-electron chi connectivity index (χ4n) is 3.03. The van der Waals surface area contributed by atoms with Crippen LogP contribution in [0, 0.1) is 11.3 Å². The van der Waals surface area contributed by atoms with Crippen LogP contribution in [0.25, 0.3) is 0 Å². The van der Waals surface area contributed by atoms with Crippen molar-refractivity contribution in [1.82, 2.24) is 9.88 Å². The Kier molecular flexibility index (Phi) is 4.24. The summed E-state index contributed by atoms with van der Waals surface area (Å²) in [5.74, 6) is 0.741. The van der Waals surface area contributed by atoms with E-state index in [2.05, 4.69) is 4.98 Å². The van der Waals surface area contributed by atoms with Crippen LogP contribution in [0.5, 0.6) is 5.75 Å². The van der Waals surface area contributed by atoms with Crippen molar-refractivity contribution in [1.29, 1.82) is 5.26 Å². The molecule has 0 aliphatic carbocycles. The minimum atomic E-state index is -0.0598. The van der Waals surface area contributed by atoms with Crippen LogP contribution in [0.3, 0.4) is 0 Å². The summed E-state index contributed by atoms with van der Waals surface area (Å²) in [6.07, 6.45) is 3.34. The average molecular weight is 307 g/mol. The Morgan fingerprint density at radius 1 is 1.35 bits per heavy atom. The Morgan fingerprint density at radius 2 is 2.17 bits per heavy atom. The normalized spacial score (nSPS) is 16.9. The van der Waals surface area contributed by atoms with Crippen LogP contribution < -0.4 is 4.74 Å². The molecule has 5 heteroatoms. The second-order valence-electron chi connectivity index (χ2n) is 5.44. The average Bonchev–Trinajstić information content (AvgIpc) is 3.10. The third kappa shape index (κ3) is 2.88. The Balaban J connectivity index is 1.89. The molecule has 1 fully saturated rings. The van der Waals surface area contributed by atoms with Crippen LogP contribution >= 0.6 is 0 Å². The lowest BCUT2D eigenvalue weighted by Crippen LogP contribution is -2.30. The first-order valence-electron chi connectivity index (χ1n) is 7.54. The molecule has 0 radical (unpaired) electrons. The number of hydrogen-bond donors (Lipinski definition) is 0. The number of nitriles is 1. The van der Waals surface area contributed by atoms with Crippen molar-refractivity contribution < 1.29 is 9.53 Å². The monoisotopic (exact) mass is 307 g/mol. The van der Waals surface area contributed by atoms with Crippen LogP contribution in [-0.2, 0) is 0 Å². The maximum Gasteiger partial charge on any atom is 0.255 e. The summed E-state index contributed by atoms with van der Waals surface area (Å²) in [6.45, 7) is 0.710. The molecule has 2 aromatic rings. The van der Waals surface area contributed by atoms with Crippen LogP contribution in [-0.4, -0.2) is 29.4 Å². The van der Waals surface area contributed by atoms with Crippen molar-refractivity contribution >= 4 is 5.91 Å². The standard InChI is InChI=1S/C18H17N3O2/c1-23-17-7-3-2-5-15(17)16-6-4-10-21(16)18(22)13-8-9-14(11-19)20-12-13/h2-3,5,7-9,12,16H,4,6,10H2,1H3/t16-/m0/s1. The molecular formula is C18H17N3O2. The van der Waals surface area contributed by atoms with Gasteiger partial charge in [0.15, 0.2) is 0 Å². The van der Waals surface area contributed by atoms with E-state index in [0.29, 0.717) is 17.8 Å². The first-order chi connectivity index (χ1) is 11.2. The fourth-order valence-corrected chi connectivity index (χ4v) is 3.03. The molecule has 116 valence electrons. The predicted molar refractivity (Wildman–Crippen MR) is 85.0 cm³/mol. The number of rotatable bonds is 3. The van der Waals surface area contributed by atoms with E-state index in [0.717, 1.165) is 24.2 Å². The number of ether oxygens (including phenoxy) is 1. The van der Waals surface area contributed by atoms with E-state index in [9.17, 15) is 4.79 Å². The minimum Gasteiger partial charge on any atom is -0.496 e. The van der Waals surface area contributed by atoms with Crippen molar-refractivity contribution in [3.05, 3.63) is 59.4 Å². The second kappa shape index (κ2) is 6.49. The summed E-state index contributed by atoms with van der Waals surface area (Å²) in [4.78, 5) is 18.6. The van der Waals surface area contributed by atoms with E-state index in [1.807, 2.05) is 35.2 Å². The van der Waals surface area contributed by atoms with Crippen LogP contribution in [0.15, 0.2) is 42.6 Å². The number of para-hydroxylation sites is 1. The van der Waals surface area contributed by atoms with E-state index < -0.39 is 0 Å². The number of amides is 1. The van der Waals surface area contributed by atoms with Gasteiger partial charge >= 0.3 is 0 Å². The van der Waals surface area contributed by atoms with Gasteiger partial charge in [-0.05, 0) is 31.0 Å². The number of benzene rings is 1. The summed E-state index contributed by atoms with van der Waals surface area (Å²) in [7, 11) is 1.64. The summed E-state index contributed by atoms with van der Waals surface area (Å²) >= 11 is 0. The molecule has 3 rings (SSSR count). The van der Waals surface area contributed by atoms with E-state index in [1.165, 1.54) is 6.20 Å². The molecule has 23 heavy (non-hydrogen) atoms. The molecule has 1 aliphatic rings. The molecule has 1 aromatic heterocycles. The lowest BCUT2D eigenvalue weighted by molar-refractivity contribution is 0.0733. The first kappa shape index (κ1) is 15.0. The Morgan fingerprint density at radius 3 is 2.87 bits per heavy atom. The Labute approximate surface area is 135 Å².